The van der Waals surface area contributed by atoms with E-state index >= 15 is 0 Å². The number of nitrogens with zero attached hydrogens (tertiary/aromatic N) is 1. The minimum absolute atomic E-state index is 0.844. The molecular weight excluding hydrogens is 292 g/mol. The van der Waals surface area contributed by atoms with E-state index < -0.39 is 0 Å². The summed E-state index contributed by atoms with van der Waals surface area (Å²) in [4.78, 5) is 3.00. The zero-order valence-corrected chi connectivity index (χ0v) is 15.1. The number of nitrogen functional groups attached to an aromatic ring is 1. The zero-order chi connectivity index (χ0) is 16.4. The summed E-state index contributed by atoms with van der Waals surface area (Å²) in [5.74, 6) is 0.844. The molecule has 3 fully saturated rings. The molecule has 2 N–H and O–H groups in total. The van der Waals surface area contributed by atoms with E-state index in [1.54, 1.807) is 0 Å². The molecule has 2 atom stereocenters. The number of nitrogens with two attached hydrogens (primary N) is 1. The van der Waals surface area contributed by atoms with Gasteiger partial charge >= 0.3 is 0 Å². The van der Waals surface area contributed by atoms with Crippen LogP contribution >= 0.6 is 0 Å². The molecule has 2 bridgehead atoms. The summed E-state index contributed by atoms with van der Waals surface area (Å²) in [6.45, 7) is 0. The van der Waals surface area contributed by atoms with Crippen molar-refractivity contribution in [2.75, 3.05) is 5.73 Å². The summed E-state index contributed by atoms with van der Waals surface area (Å²) in [5.41, 5.74) is 8.56. The van der Waals surface area contributed by atoms with Gasteiger partial charge in [-0.3, -0.25) is 4.90 Å². The highest BCUT2D eigenvalue weighted by Gasteiger charge is 2.43. The lowest BCUT2D eigenvalue weighted by Gasteiger charge is -2.44. The van der Waals surface area contributed by atoms with Crippen LogP contribution in [-0.2, 0) is 6.42 Å². The molecule has 1 aliphatic carbocycles. The monoisotopic (exact) mass is 326 g/mol. The van der Waals surface area contributed by atoms with Crippen LogP contribution in [0, 0.1) is 5.92 Å². The average Bonchev–Trinajstić information content (AvgIpc) is 2.81. The SMILES string of the molecule is Nc1ccccc1CC1CC2CCC(C1)N2C1CCCCCCC1. The topological polar surface area (TPSA) is 29.3 Å². The third kappa shape index (κ3) is 3.49. The van der Waals surface area contributed by atoms with Crippen LogP contribution in [0.4, 0.5) is 5.69 Å². The lowest BCUT2D eigenvalue weighted by molar-refractivity contribution is 0.0469. The zero-order valence-electron chi connectivity index (χ0n) is 15.1. The molecule has 1 aromatic carbocycles. The minimum Gasteiger partial charge on any atom is -0.399 e. The van der Waals surface area contributed by atoms with Crippen molar-refractivity contribution in [3.63, 3.8) is 0 Å². The second-order valence-electron chi connectivity index (χ2n) is 8.57. The lowest BCUT2D eigenvalue weighted by Crippen LogP contribution is -2.49. The van der Waals surface area contributed by atoms with Crippen LogP contribution in [0.2, 0.25) is 0 Å². The molecule has 2 heteroatoms. The van der Waals surface area contributed by atoms with Gasteiger partial charge in [-0.05, 0) is 62.5 Å². The first-order valence-electron chi connectivity index (χ1n) is 10.4. The molecule has 0 amide bonds. The van der Waals surface area contributed by atoms with Gasteiger partial charge in [-0.2, -0.15) is 0 Å². The highest BCUT2D eigenvalue weighted by Crippen LogP contribution is 2.43. The maximum atomic E-state index is 6.19. The summed E-state index contributed by atoms with van der Waals surface area (Å²) < 4.78 is 0. The van der Waals surface area contributed by atoms with Crippen LogP contribution in [0.15, 0.2) is 24.3 Å². The number of anilines is 1. The predicted molar refractivity (Wildman–Crippen MR) is 102 cm³/mol. The summed E-state index contributed by atoms with van der Waals surface area (Å²) in [6.07, 6.45) is 17.2. The van der Waals surface area contributed by atoms with Gasteiger partial charge < -0.3 is 5.73 Å². The molecular formula is C22H34N2. The Hall–Kier alpha value is -1.02. The van der Waals surface area contributed by atoms with Crippen molar-refractivity contribution in [1.29, 1.82) is 0 Å². The Labute approximate surface area is 147 Å². The molecule has 1 saturated carbocycles. The van der Waals surface area contributed by atoms with Gasteiger partial charge in [0.15, 0.2) is 0 Å². The van der Waals surface area contributed by atoms with E-state index in [4.69, 9.17) is 5.73 Å². The van der Waals surface area contributed by atoms with E-state index in [0.29, 0.717) is 0 Å². The lowest BCUT2D eigenvalue weighted by atomic mass is 9.83. The highest BCUT2D eigenvalue weighted by atomic mass is 15.2. The summed E-state index contributed by atoms with van der Waals surface area (Å²) >= 11 is 0. The molecule has 24 heavy (non-hydrogen) atoms. The summed E-state index contributed by atoms with van der Waals surface area (Å²) in [6, 6.07) is 11.1. The van der Waals surface area contributed by atoms with Crippen LogP contribution in [0.3, 0.4) is 0 Å². The number of rotatable bonds is 3. The normalized spacial score (nSPS) is 32.4. The third-order valence-corrected chi connectivity index (χ3v) is 6.95. The average molecular weight is 327 g/mol. The van der Waals surface area contributed by atoms with Crippen molar-refractivity contribution in [3.05, 3.63) is 29.8 Å². The molecule has 3 aliphatic rings. The van der Waals surface area contributed by atoms with E-state index in [-0.39, 0.29) is 0 Å². The van der Waals surface area contributed by atoms with Gasteiger partial charge in [-0.25, -0.2) is 0 Å². The van der Waals surface area contributed by atoms with Crippen molar-refractivity contribution < 1.29 is 0 Å². The van der Waals surface area contributed by atoms with Gasteiger partial charge in [0.2, 0.25) is 0 Å². The Bertz CT molecular complexity index is 519. The van der Waals surface area contributed by atoms with Crippen molar-refractivity contribution in [3.8, 4) is 0 Å². The van der Waals surface area contributed by atoms with Gasteiger partial charge in [-0.1, -0.05) is 50.3 Å². The van der Waals surface area contributed by atoms with Crippen LogP contribution in [0.5, 0.6) is 0 Å². The third-order valence-electron chi connectivity index (χ3n) is 6.95. The van der Waals surface area contributed by atoms with Crippen LogP contribution in [0.25, 0.3) is 0 Å². The molecule has 2 heterocycles. The van der Waals surface area contributed by atoms with Gasteiger partial charge in [0.1, 0.15) is 0 Å². The number of fused-ring (bicyclic) bond motifs is 2. The molecule has 2 aliphatic heterocycles. The summed E-state index contributed by atoms with van der Waals surface area (Å²) in [5, 5.41) is 0. The van der Waals surface area contributed by atoms with Crippen LogP contribution in [-0.4, -0.2) is 23.0 Å². The van der Waals surface area contributed by atoms with Gasteiger partial charge in [0.25, 0.3) is 0 Å². The second-order valence-corrected chi connectivity index (χ2v) is 8.57. The Morgan fingerprint density at radius 2 is 1.42 bits per heavy atom. The number of piperidine rings is 1. The Morgan fingerprint density at radius 1 is 0.792 bits per heavy atom. The Kier molecular flexibility index (Phi) is 5.12. The smallest absolute Gasteiger partial charge is 0.0346 e. The Balaban J connectivity index is 1.41. The molecule has 2 unspecified atom stereocenters. The second kappa shape index (κ2) is 7.47. The fraction of sp³-hybridized carbons (Fsp3) is 0.727. The first-order valence-corrected chi connectivity index (χ1v) is 10.4. The van der Waals surface area contributed by atoms with Crippen molar-refractivity contribution in [1.82, 2.24) is 4.90 Å². The minimum atomic E-state index is 0.844. The maximum Gasteiger partial charge on any atom is 0.0346 e. The standard InChI is InChI=1S/C22H34N2/c23-22-11-7-6-8-18(22)14-17-15-20-12-13-21(16-17)24(20)19-9-4-2-1-3-5-10-19/h6-8,11,17,19-21H,1-5,9-10,12-16,23H2. The summed E-state index contributed by atoms with van der Waals surface area (Å²) in [7, 11) is 0. The van der Waals surface area contributed by atoms with Crippen molar-refractivity contribution in [2.45, 2.75) is 95.2 Å². The fourth-order valence-corrected chi connectivity index (χ4v) is 5.85. The molecule has 2 nitrogen and oxygen atoms in total. The van der Waals surface area contributed by atoms with Gasteiger partial charge in [0.05, 0.1) is 0 Å². The van der Waals surface area contributed by atoms with Crippen molar-refractivity contribution in [2.24, 2.45) is 5.92 Å². The number of hydrogen-bond donors (Lipinski definition) is 1. The largest absolute Gasteiger partial charge is 0.399 e. The van der Waals surface area contributed by atoms with E-state index in [9.17, 15) is 0 Å². The molecule has 4 rings (SSSR count). The van der Waals surface area contributed by atoms with Gasteiger partial charge in [0, 0.05) is 23.8 Å². The quantitative estimate of drug-likeness (QED) is 0.777. The van der Waals surface area contributed by atoms with E-state index in [1.807, 2.05) is 0 Å². The maximum absolute atomic E-state index is 6.19. The number of hydrogen-bond acceptors (Lipinski definition) is 2. The molecule has 0 spiro atoms. The Morgan fingerprint density at radius 3 is 2.08 bits per heavy atom. The van der Waals surface area contributed by atoms with Crippen molar-refractivity contribution >= 4 is 5.69 Å². The molecule has 132 valence electrons. The van der Waals surface area contributed by atoms with E-state index in [2.05, 4.69) is 29.2 Å². The van der Waals surface area contributed by atoms with E-state index in [1.165, 1.54) is 82.6 Å². The van der Waals surface area contributed by atoms with Crippen LogP contribution in [0.1, 0.15) is 76.2 Å². The van der Waals surface area contributed by atoms with Gasteiger partial charge in [-0.15, -0.1) is 0 Å². The molecule has 1 aromatic rings. The molecule has 0 radical (unpaired) electrons. The highest BCUT2D eigenvalue weighted by molar-refractivity contribution is 5.46. The van der Waals surface area contributed by atoms with E-state index in [0.717, 1.165) is 29.7 Å². The fourth-order valence-electron chi connectivity index (χ4n) is 5.85. The molecule has 2 saturated heterocycles. The van der Waals surface area contributed by atoms with Crippen LogP contribution < -0.4 is 5.73 Å². The number of benzene rings is 1. The first-order chi connectivity index (χ1) is 11.8. The number of para-hydroxylation sites is 1. The molecule has 0 aromatic heterocycles. The first kappa shape index (κ1) is 16.4. The predicted octanol–water partition coefficient (Wildman–Crippen LogP) is 5.17.